The van der Waals surface area contributed by atoms with Crippen LogP contribution in [0.1, 0.15) is 61.9 Å². The van der Waals surface area contributed by atoms with Crippen molar-refractivity contribution < 1.29 is 14.7 Å². The van der Waals surface area contributed by atoms with E-state index in [0.29, 0.717) is 18.8 Å². The molecule has 2 rings (SSSR count). The summed E-state index contributed by atoms with van der Waals surface area (Å²) in [7, 11) is 0. The van der Waals surface area contributed by atoms with E-state index in [0.717, 1.165) is 18.7 Å². The highest BCUT2D eigenvalue weighted by atomic mass is 16.4. The molecule has 0 saturated heterocycles. The number of aromatic nitrogens is 3. The molecule has 0 atom stereocenters. The molecule has 1 fully saturated rings. The van der Waals surface area contributed by atoms with Crippen LogP contribution in [0.4, 0.5) is 0 Å². The van der Waals surface area contributed by atoms with Crippen LogP contribution < -0.4 is 5.32 Å². The van der Waals surface area contributed by atoms with E-state index in [1.807, 2.05) is 13.8 Å². The van der Waals surface area contributed by atoms with Crippen LogP contribution in [0.15, 0.2) is 0 Å². The molecule has 0 spiro atoms. The van der Waals surface area contributed by atoms with Crippen LogP contribution >= 0.6 is 0 Å². The molecular formula is C13H20N4O3. The first kappa shape index (κ1) is 14.5. The summed E-state index contributed by atoms with van der Waals surface area (Å²) in [6.07, 6.45) is 3.06. The molecule has 0 aliphatic heterocycles. The Kier molecular flexibility index (Phi) is 4.06. The second kappa shape index (κ2) is 5.60. The molecule has 0 aromatic carbocycles. The number of hydrogen-bond acceptors (Lipinski definition) is 4. The number of H-pyrrole nitrogens is 1. The van der Waals surface area contributed by atoms with Gasteiger partial charge in [-0.05, 0) is 25.7 Å². The lowest BCUT2D eigenvalue weighted by Gasteiger charge is -2.26. The van der Waals surface area contributed by atoms with E-state index >= 15 is 0 Å². The van der Waals surface area contributed by atoms with Gasteiger partial charge in [0.05, 0.1) is 5.41 Å². The molecule has 1 aromatic rings. The van der Waals surface area contributed by atoms with E-state index in [-0.39, 0.29) is 12.4 Å². The van der Waals surface area contributed by atoms with Gasteiger partial charge in [0.2, 0.25) is 5.82 Å². The van der Waals surface area contributed by atoms with Gasteiger partial charge in [0.15, 0.2) is 0 Å². The first-order valence-electron chi connectivity index (χ1n) is 6.96. The van der Waals surface area contributed by atoms with Crippen LogP contribution in [0.25, 0.3) is 0 Å². The minimum absolute atomic E-state index is 0.0818. The summed E-state index contributed by atoms with van der Waals surface area (Å²) in [5, 5.41) is 18.6. The predicted octanol–water partition coefficient (Wildman–Crippen LogP) is 1.30. The minimum atomic E-state index is -0.925. The van der Waals surface area contributed by atoms with Crippen LogP contribution in [-0.2, 0) is 4.79 Å². The maximum absolute atomic E-state index is 12.0. The predicted molar refractivity (Wildman–Crippen MR) is 71.3 cm³/mol. The molecule has 0 unspecified atom stereocenters. The topological polar surface area (TPSA) is 108 Å². The van der Waals surface area contributed by atoms with Crippen LogP contribution in [-0.4, -0.2) is 38.7 Å². The highest BCUT2D eigenvalue weighted by Crippen LogP contribution is 2.37. The van der Waals surface area contributed by atoms with Crippen molar-refractivity contribution in [2.45, 2.75) is 45.4 Å². The summed E-state index contributed by atoms with van der Waals surface area (Å²) >= 11 is 0. The molecule has 0 bridgehead atoms. The fraction of sp³-hybridized carbons (Fsp3) is 0.692. The third-order valence-corrected chi connectivity index (χ3v) is 4.06. The van der Waals surface area contributed by atoms with Crippen molar-refractivity contribution in [2.24, 2.45) is 5.41 Å². The van der Waals surface area contributed by atoms with Crippen molar-refractivity contribution in [1.82, 2.24) is 20.5 Å². The molecular weight excluding hydrogens is 260 g/mol. The quantitative estimate of drug-likeness (QED) is 0.697. The number of carbonyl (C=O) groups is 2. The second-order valence-corrected chi connectivity index (χ2v) is 5.29. The summed E-state index contributed by atoms with van der Waals surface area (Å²) < 4.78 is 0. The van der Waals surface area contributed by atoms with Crippen molar-refractivity contribution in [3.8, 4) is 0 Å². The van der Waals surface area contributed by atoms with Crippen LogP contribution in [0.3, 0.4) is 0 Å². The van der Waals surface area contributed by atoms with E-state index in [1.165, 1.54) is 0 Å². The smallest absolute Gasteiger partial charge is 0.311 e. The van der Waals surface area contributed by atoms with Gasteiger partial charge in [-0.2, -0.15) is 0 Å². The molecule has 0 radical (unpaired) electrons. The van der Waals surface area contributed by atoms with Gasteiger partial charge in [0.25, 0.3) is 5.91 Å². The lowest BCUT2D eigenvalue weighted by molar-refractivity contribution is -0.149. The minimum Gasteiger partial charge on any atom is -0.481 e. The molecule has 3 N–H and O–H groups in total. The van der Waals surface area contributed by atoms with Crippen molar-refractivity contribution >= 4 is 11.9 Å². The Balaban J connectivity index is 1.97. The van der Waals surface area contributed by atoms with Crippen molar-refractivity contribution in [3.05, 3.63) is 11.6 Å². The fourth-order valence-electron chi connectivity index (χ4n) is 2.12. The summed E-state index contributed by atoms with van der Waals surface area (Å²) in [5.74, 6) is -0.102. The number of carbonyl (C=O) groups excluding carboxylic acids is 1. The zero-order valence-corrected chi connectivity index (χ0v) is 11.8. The molecule has 7 heteroatoms. The first-order chi connectivity index (χ1) is 9.52. The Morgan fingerprint density at radius 3 is 2.55 bits per heavy atom. The maximum atomic E-state index is 12.0. The van der Waals surface area contributed by atoms with Gasteiger partial charge in [0.1, 0.15) is 5.82 Å². The normalized spacial score (nSPS) is 15.1. The number of nitrogens with zero attached hydrogens (tertiary/aromatic N) is 2. The second-order valence-electron chi connectivity index (χ2n) is 5.29. The average molecular weight is 280 g/mol. The van der Waals surface area contributed by atoms with E-state index in [2.05, 4.69) is 20.5 Å². The maximum Gasteiger partial charge on any atom is 0.311 e. The third-order valence-electron chi connectivity index (χ3n) is 4.06. The van der Waals surface area contributed by atoms with Crippen molar-refractivity contribution in [2.75, 3.05) is 6.54 Å². The Hall–Kier alpha value is -1.92. The number of carboxylic acids is 1. The van der Waals surface area contributed by atoms with E-state index in [1.54, 1.807) is 0 Å². The number of amides is 1. The molecule has 1 aromatic heterocycles. The molecule has 1 saturated carbocycles. The molecule has 1 aliphatic rings. The first-order valence-corrected chi connectivity index (χ1v) is 6.96. The van der Waals surface area contributed by atoms with E-state index in [9.17, 15) is 14.7 Å². The Labute approximate surface area is 117 Å². The average Bonchev–Trinajstić information content (AvgIpc) is 3.17. The van der Waals surface area contributed by atoms with Crippen LogP contribution in [0.5, 0.6) is 0 Å². The van der Waals surface area contributed by atoms with Crippen LogP contribution in [0, 0.1) is 5.41 Å². The number of aliphatic carboxylic acids is 1. The summed E-state index contributed by atoms with van der Waals surface area (Å²) in [6.45, 7) is 3.70. The van der Waals surface area contributed by atoms with Gasteiger partial charge in [-0.1, -0.05) is 13.8 Å². The highest BCUT2D eigenvalue weighted by Gasteiger charge is 2.35. The Morgan fingerprint density at radius 2 is 2.05 bits per heavy atom. The van der Waals surface area contributed by atoms with Gasteiger partial charge in [-0.3, -0.25) is 14.7 Å². The third kappa shape index (κ3) is 2.81. The zero-order valence-electron chi connectivity index (χ0n) is 11.8. The van der Waals surface area contributed by atoms with Gasteiger partial charge in [-0.15, -0.1) is 5.10 Å². The largest absolute Gasteiger partial charge is 0.481 e. The number of carboxylic acid groups (broad SMARTS) is 1. The standard InChI is InChI=1S/C13H20N4O3/c1-3-13(4-2,12(19)20)7-14-11(18)10-15-9(16-17-10)8-5-6-8/h8H,3-7H2,1-2H3,(H,14,18)(H,19,20)(H,15,16,17). The summed E-state index contributed by atoms with van der Waals surface area (Å²) in [4.78, 5) is 27.4. The Morgan fingerprint density at radius 1 is 1.40 bits per heavy atom. The number of nitrogens with one attached hydrogen (secondary N) is 2. The molecule has 110 valence electrons. The van der Waals surface area contributed by atoms with E-state index < -0.39 is 17.3 Å². The van der Waals surface area contributed by atoms with E-state index in [4.69, 9.17) is 0 Å². The Bertz CT molecular complexity index is 503. The molecule has 20 heavy (non-hydrogen) atoms. The fourth-order valence-corrected chi connectivity index (χ4v) is 2.12. The van der Waals surface area contributed by atoms with Gasteiger partial charge in [-0.25, -0.2) is 4.98 Å². The molecule has 7 nitrogen and oxygen atoms in total. The van der Waals surface area contributed by atoms with Gasteiger partial charge < -0.3 is 10.4 Å². The SMILES string of the molecule is CCC(CC)(CNC(=O)c1n[nH]c(C2CC2)n1)C(=O)O. The van der Waals surface area contributed by atoms with Crippen LogP contribution in [0.2, 0.25) is 0 Å². The highest BCUT2D eigenvalue weighted by molar-refractivity contribution is 5.90. The molecule has 1 aliphatic carbocycles. The van der Waals surface area contributed by atoms with Crippen molar-refractivity contribution in [1.29, 1.82) is 0 Å². The zero-order chi connectivity index (χ0) is 14.8. The van der Waals surface area contributed by atoms with Crippen molar-refractivity contribution in [3.63, 3.8) is 0 Å². The molecule has 1 amide bonds. The monoisotopic (exact) mass is 280 g/mol. The lowest BCUT2D eigenvalue weighted by Crippen LogP contribution is -2.42. The summed E-state index contributed by atoms with van der Waals surface area (Å²) in [5.41, 5.74) is -0.925. The number of hydrogen-bond donors (Lipinski definition) is 3. The van der Waals surface area contributed by atoms with Gasteiger partial charge >= 0.3 is 5.97 Å². The number of rotatable bonds is 7. The summed E-state index contributed by atoms with van der Waals surface area (Å²) in [6, 6.07) is 0. The lowest BCUT2D eigenvalue weighted by atomic mass is 9.82. The molecule has 1 heterocycles. The number of aromatic amines is 1. The van der Waals surface area contributed by atoms with Gasteiger partial charge in [0, 0.05) is 12.5 Å².